The van der Waals surface area contributed by atoms with Crippen LogP contribution >= 0.6 is 11.3 Å². The summed E-state index contributed by atoms with van der Waals surface area (Å²) in [6.45, 7) is 2.05. The molecule has 0 aromatic carbocycles. The molecule has 0 unspecified atom stereocenters. The van der Waals surface area contributed by atoms with Gasteiger partial charge in [0.05, 0.1) is 18.1 Å². The number of amidine groups is 2. The van der Waals surface area contributed by atoms with Crippen molar-refractivity contribution in [2.24, 2.45) is 0 Å². The van der Waals surface area contributed by atoms with Crippen molar-refractivity contribution in [3.8, 4) is 0 Å². The van der Waals surface area contributed by atoms with Crippen molar-refractivity contribution >= 4 is 50.8 Å². The smallest absolute Gasteiger partial charge is 0.347 e. The van der Waals surface area contributed by atoms with E-state index in [2.05, 4.69) is 32.4 Å². The van der Waals surface area contributed by atoms with Crippen LogP contribution in [0.5, 0.6) is 0 Å². The quantitative estimate of drug-likeness (QED) is 0.346. The highest BCUT2D eigenvalue weighted by Gasteiger charge is 2.41. The summed E-state index contributed by atoms with van der Waals surface area (Å²) in [5.41, 5.74) is 0. The molecular weight excluding hydrogens is 431 g/mol. The number of anilines is 3. The van der Waals surface area contributed by atoms with E-state index in [0.717, 1.165) is 27.9 Å². The lowest BCUT2D eigenvalue weighted by molar-refractivity contribution is -0.0671. The number of fused-ring (bicyclic) bond motifs is 1. The summed E-state index contributed by atoms with van der Waals surface area (Å²) in [4.78, 5) is 13.5. The number of rotatable bonds is 5. The van der Waals surface area contributed by atoms with Crippen LogP contribution in [0.1, 0.15) is 18.2 Å². The van der Waals surface area contributed by atoms with E-state index in [4.69, 9.17) is 10.8 Å². The van der Waals surface area contributed by atoms with Crippen molar-refractivity contribution < 1.29 is 13.2 Å². The van der Waals surface area contributed by atoms with Gasteiger partial charge < -0.3 is 15.1 Å². The van der Waals surface area contributed by atoms with Gasteiger partial charge in [-0.2, -0.15) is 23.3 Å². The van der Waals surface area contributed by atoms with Gasteiger partial charge in [0.1, 0.15) is 22.3 Å². The number of aromatic amines is 1. The molecular formula is C18H20F3N9S. The van der Waals surface area contributed by atoms with Crippen LogP contribution in [0.4, 0.5) is 30.8 Å². The van der Waals surface area contributed by atoms with Gasteiger partial charge in [-0.05, 0) is 12.5 Å². The molecule has 1 fully saturated rings. The highest BCUT2D eigenvalue weighted by molar-refractivity contribution is 7.18. The number of alkyl halides is 3. The van der Waals surface area contributed by atoms with Crippen LogP contribution in [-0.2, 0) is 6.42 Å². The number of halogens is 3. The summed E-state index contributed by atoms with van der Waals surface area (Å²) >= 11 is 1.55. The minimum Gasteiger partial charge on any atom is -0.347 e. The predicted octanol–water partition coefficient (Wildman–Crippen LogP) is 3.75. The SMILES string of the molecule is CCCc1cc2c(N3CCN(C(=N)C(F)(F)F)C(=N)C3)nc(Nc3ccn[nH]3)nc2s1. The molecule has 1 aliphatic rings. The molecule has 31 heavy (non-hydrogen) atoms. The summed E-state index contributed by atoms with van der Waals surface area (Å²) in [5, 5.41) is 26.0. The van der Waals surface area contributed by atoms with Gasteiger partial charge in [-0.3, -0.25) is 15.9 Å². The molecule has 164 valence electrons. The molecule has 0 aliphatic carbocycles. The number of aromatic nitrogens is 4. The number of thiophene rings is 1. The highest BCUT2D eigenvalue weighted by atomic mass is 32.1. The third-order valence-electron chi connectivity index (χ3n) is 4.77. The zero-order valence-electron chi connectivity index (χ0n) is 16.5. The topological polar surface area (TPSA) is 121 Å². The van der Waals surface area contributed by atoms with E-state index in [9.17, 15) is 13.2 Å². The standard InChI is InChI=1S/C18H20F3N9S/c1-2-3-10-8-11-14(26-17(27-15(11)31-10)25-13-4-5-24-28-13)29-6-7-30(12(22)9-29)16(23)18(19,20)21/h4-5,8,22-23H,2-3,6-7,9H2,1H3,(H2,24,25,26,27,28). The number of hydrogen-bond donors (Lipinski definition) is 4. The van der Waals surface area contributed by atoms with E-state index in [1.807, 2.05) is 6.07 Å². The fourth-order valence-electron chi connectivity index (χ4n) is 3.35. The minimum absolute atomic E-state index is 0.0902. The molecule has 0 saturated carbocycles. The number of aryl methyl sites for hydroxylation is 1. The molecule has 1 aliphatic heterocycles. The Morgan fingerprint density at radius 2 is 2.13 bits per heavy atom. The maximum Gasteiger partial charge on any atom is 0.449 e. The normalized spacial score (nSPS) is 15.0. The van der Waals surface area contributed by atoms with Crippen LogP contribution < -0.4 is 10.2 Å². The molecule has 0 bridgehead atoms. The predicted molar refractivity (Wildman–Crippen MR) is 114 cm³/mol. The number of hydrogen-bond acceptors (Lipinski definition) is 8. The summed E-state index contributed by atoms with van der Waals surface area (Å²) in [6.07, 6.45) is -1.35. The van der Waals surface area contributed by atoms with Crippen molar-refractivity contribution in [2.45, 2.75) is 25.9 Å². The molecule has 13 heteroatoms. The molecule has 0 amide bonds. The van der Waals surface area contributed by atoms with Gasteiger partial charge in [-0.15, -0.1) is 11.3 Å². The van der Waals surface area contributed by atoms with Crippen LogP contribution in [0.2, 0.25) is 0 Å². The van der Waals surface area contributed by atoms with Crippen molar-refractivity contribution in [2.75, 3.05) is 29.9 Å². The molecule has 1 saturated heterocycles. The van der Waals surface area contributed by atoms with Gasteiger partial charge in [-0.25, -0.2) is 4.98 Å². The molecule has 3 aromatic rings. The van der Waals surface area contributed by atoms with Crippen LogP contribution in [0.15, 0.2) is 18.3 Å². The second kappa shape index (κ2) is 8.13. The summed E-state index contributed by atoms with van der Waals surface area (Å²) in [7, 11) is 0. The van der Waals surface area contributed by atoms with Gasteiger partial charge in [0, 0.05) is 24.0 Å². The summed E-state index contributed by atoms with van der Waals surface area (Å²) in [6, 6.07) is 3.73. The molecule has 4 rings (SSSR count). The first-order valence-corrected chi connectivity index (χ1v) is 10.4. The average Bonchev–Trinajstić information content (AvgIpc) is 3.36. The molecule has 3 aromatic heterocycles. The van der Waals surface area contributed by atoms with Gasteiger partial charge in [0.15, 0.2) is 0 Å². The molecule has 0 atom stereocenters. The minimum atomic E-state index is -4.79. The van der Waals surface area contributed by atoms with Crippen molar-refractivity contribution in [1.82, 2.24) is 25.1 Å². The Morgan fingerprint density at radius 3 is 2.77 bits per heavy atom. The van der Waals surface area contributed by atoms with E-state index in [0.29, 0.717) is 22.5 Å². The monoisotopic (exact) mass is 451 g/mol. The first-order valence-electron chi connectivity index (χ1n) is 9.58. The Morgan fingerprint density at radius 1 is 1.32 bits per heavy atom. The zero-order valence-corrected chi connectivity index (χ0v) is 17.4. The maximum absolute atomic E-state index is 12.9. The van der Waals surface area contributed by atoms with Crippen LogP contribution in [0, 0.1) is 10.8 Å². The Balaban J connectivity index is 1.67. The fourth-order valence-corrected chi connectivity index (χ4v) is 4.47. The Labute approximate surface area is 179 Å². The largest absolute Gasteiger partial charge is 0.449 e. The second-order valence-electron chi connectivity index (χ2n) is 7.01. The van der Waals surface area contributed by atoms with Gasteiger partial charge in [-0.1, -0.05) is 13.3 Å². The Hall–Kier alpha value is -3.22. The summed E-state index contributed by atoms with van der Waals surface area (Å²) < 4.78 is 38.8. The van der Waals surface area contributed by atoms with E-state index >= 15 is 0 Å². The first kappa shape index (κ1) is 21.0. The number of piperazine rings is 1. The van der Waals surface area contributed by atoms with Crippen LogP contribution in [-0.4, -0.2) is 62.5 Å². The number of H-pyrrole nitrogens is 1. The second-order valence-corrected chi connectivity index (χ2v) is 8.13. The third-order valence-corrected chi connectivity index (χ3v) is 5.85. The number of nitrogens with zero attached hydrogens (tertiary/aromatic N) is 5. The lowest BCUT2D eigenvalue weighted by Gasteiger charge is -2.37. The first-order chi connectivity index (χ1) is 14.8. The molecule has 4 N–H and O–H groups in total. The zero-order chi connectivity index (χ0) is 22.2. The van der Waals surface area contributed by atoms with Crippen LogP contribution in [0.3, 0.4) is 0 Å². The summed E-state index contributed by atoms with van der Waals surface area (Å²) in [5.74, 6) is -0.339. The average molecular weight is 451 g/mol. The van der Waals surface area contributed by atoms with E-state index in [1.165, 1.54) is 0 Å². The van der Waals surface area contributed by atoms with Crippen molar-refractivity contribution in [3.05, 3.63) is 23.2 Å². The Bertz CT molecular complexity index is 1110. The van der Waals surface area contributed by atoms with Gasteiger partial charge in [0.2, 0.25) is 11.8 Å². The molecule has 4 heterocycles. The lowest BCUT2D eigenvalue weighted by atomic mass is 10.2. The maximum atomic E-state index is 12.9. The molecule has 0 radical (unpaired) electrons. The van der Waals surface area contributed by atoms with Gasteiger partial charge in [0.25, 0.3) is 0 Å². The molecule has 0 spiro atoms. The fraction of sp³-hybridized carbons (Fsp3) is 0.389. The number of nitrogens with one attached hydrogen (secondary N) is 4. The van der Waals surface area contributed by atoms with Crippen LogP contribution in [0.25, 0.3) is 10.2 Å². The van der Waals surface area contributed by atoms with Gasteiger partial charge >= 0.3 is 6.18 Å². The van der Waals surface area contributed by atoms with Crippen molar-refractivity contribution in [3.63, 3.8) is 0 Å². The van der Waals surface area contributed by atoms with Crippen molar-refractivity contribution in [1.29, 1.82) is 10.8 Å². The van der Waals surface area contributed by atoms with E-state index in [1.54, 1.807) is 28.5 Å². The third kappa shape index (κ3) is 4.31. The molecule has 9 nitrogen and oxygen atoms in total. The lowest BCUT2D eigenvalue weighted by Crippen LogP contribution is -2.55. The Kier molecular flexibility index (Phi) is 5.52. The van der Waals surface area contributed by atoms with E-state index < -0.39 is 12.0 Å². The van der Waals surface area contributed by atoms with E-state index in [-0.39, 0.29) is 25.5 Å². The highest BCUT2D eigenvalue weighted by Crippen LogP contribution is 2.34.